The van der Waals surface area contributed by atoms with Gasteiger partial charge in [-0.05, 0) is 59.6 Å². The van der Waals surface area contributed by atoms with Crippen LogP contribution in [0.2, 0.25) is 0 Å². The van der Waals surface area contributed by atoms with Crippen LogP contribution < -0.4 is 9.47 Å². The van der Waals surface area contributed by atoms with Crippen LogP contribution in [0.1, 0.15) is 23.6 Å². The van der Waals surface area contributed by atoms with Crippen molar-refractivity contribution in [2.75, 3.05) is 13.7 Å². The Morgan fingerprint density at radius 1 is 1.34 bits per heavy atom. The minimum absolute atomic E-state index is 0.0272. The van der Waals surface area contributed by atoms with Crippen LogP contribution in [-0.2, 0) is 9.53 Å². The molecule has 0 radical (unpaired) electrons. The minimum Gasteiger partial charge on any atom is -0.493 e. The molecule has 8 nitrogen and oxygen atoms in total. The van der Waals surface area contributed by atoms with Crippen LogP contribution >= 0.6 is 15.9 Å². The summed E-state index contributed by atoms with van der Waals surface area (Å²) >= 11 is 3.43. The Bertz CT molecular complexity index is 1060. The number of ether oxygens (including phenoxy) is 3. The molecular weight excluding hydrogens is 444 g/mol. The van der Waals surface area contributed by atoms with Gasteiger partial charge in [0.2, 0.25) is 5.90 Å². The van der Waals surface area contributed by atoms with Crippen molar-refractivity contribution in [3.8, 4) is 11.5 Å². The first kappa shape index (κ1) is 20.5. The lowest BCUT2D eigenvalue weighted by atomic mass is 10.1. The molecule has 0 saturated carbocycles. The van der Waals surface area contributed by atoms with Gasteiger partial charge in [0.1, 0.15) is 0 Å². The molecule has 29 heavy (non-hydrogen) atoms. The van der Waals surface area contributed by atoms with Crippen molar-refractivity contribution < 1.29 is 23.9 Å². The second-order valence-corrected chi connectivity index (χ2v) is 6.86. The van der Waals surface area contributed by atoms with Crippen LogP contribution in [0.3, 0.4) is 0 Å². The van der Waals surface area contributed by atoms with E-state index in [-0.39, 0.29) is 17.3 Å². The Morgan fingerprint density at radius 2 is 2.10 bits per heavy atom. The molecule has 0 bridgehead atoms. The molecule has 9 heteroatoms. The highest BCUT2D eigenvalue weighted by Crippen LogP contribution is 2.37. The number of nitro groups is 1. The molecule has 0 aromatic heterocycles. The topological polar surface area (TPSA) is 100 Å². The smallest absolute Gasteiger partial charge is 0.363 e. The van der Waals surface area contributed by atoms with Crippen LogP contribution in [-0.4, -0.2) is 30.5 Å². The lowest BCUT2D eigenvalue weighted by Gasteiger charge is -2.12. The van der Waals surface area contributed by atoms with Gasteiger partial charge in [0, 0.05) is 17.2 Å². The van der Waals surface area contributed by atoms with Gasteiger partial charge >= 0.3 is 5.97 Å². The highest BCUT2D eigenvalue weighted by Gasteiger charge is 2.27. The van der Waals surface area contributed by atoms with Crippen LogP contribution in [0.25, 0.3) is 6.08 Å². The summed E-state index contributed by atoms with van der Waals surface area (Å²) in [5, 5.41) is 11.1. The van der Waals surface area contributed by atoms with Gasteiger partial charge in [0.15, 0.2) is 17.2 Å². The number of aliphatic imine (C=N–C) groups is 1. The summed E-state index contributed by atoms with van der Waals surface area (Å²) in [6.45, 7) is 3.92. The Hall–Kier alpha value is -3.20. The Balaban J connectivity index is 2.01. The van der Waals surface area contributed by atoms with Crippen molar-refractivity contribution in [1.29, 1.82) is 0 Å². The lowest BCUT2D eigenvalue weighted by Crippen LogP contribution is -2.08. The summed E-state index contributed by atoms with van der Waals surface area (Å²) in [6.07, 6.45) is 1.55. The Morgan fingerprint density at radius 3 is 2.76 bits per heavy atom. The Labute approximate surface area is 175 Å². The molecule has 0 saturated heterocycles. The van der Waals surface area contributed by atoms with Crippen LogP contribution in [0.5, 0.6) is 11.5 Å². The fourth-order valence-corrected chi connectivity index (χ4v) is 3.42. The van der Waals surface area contributed by atoms with Gasteiger partial charge in [-0.15, -0.1) is 0 Å². The summed E-state index contributed by atoms with van der Waals surface area (Å²) < 4.78 is 16.8. The molecule has 2 aromatic carbocycles. The predicted octanol–water partition coefficient (Wildman–Crippen LogP) is 4.42. The van der Waals surface area contributed by atoms with Gasteiger partial charge in [0.25, 0.3) is 5.69 Å². The number of carbonyl (C=O) groups excluding carboxylic acids is 1. The number of esters is 1. The molecule has 0 N–H and O–H groups in total. The van der Waals surface area contributed by atoms with Crippen molar-refractivity contribution >= 4 is 39.6 Å². The van der Waals surface area contributed by atoms with E-state index < -0.39 is 10.9 Å². The van der Waals surface area contributed by atoms with Crippen molar-refractivity contribution in [3.63, 3.8) is 0 Å². The van der Waals surface area contributed by atoms with Crippen molar-refractivity contribution in [3.05, 3.63) is 67.3 Å². The molecule has 1 aliphatic rings. The van der Waals surface area contributed by atoms with E-state index in [1.165, 1.54) is 19.2 Å². The molecule has 0 aliphatic carbocycles. The molecule has 0 atom stereocenters. The standard InChI is InChI=1S/C20H17BrN2O6/c1-4-28-18-14(21)8-12(10-17(18)27-3)9-15-20(24)29-19(22-15)13-6-5-7-16(11(13)2)23(25)26/h5-10H,4H2,1-3H3/b15-9-. The molecule has 1 aliphatic heterocycles. The minimum atomic E-state index is -0.644. The first-order valence-corrected chi connectivity index (χ1v) is 9.42. The molecule has 3 rings (SSSR count). The normalized spacial score (nSPS) is 14.6. The number of benzene rings is 2. The fraction of sp³-hybridized carbons (Fsp3) is 0.200. The average molecular weight is 461 g/mol. The van der Waals surface area contributed by atoms with Crippen LogP contribution in [0.4, 0.5) is 5.69 Å². The van der Waals surface area contributed by atoms with Crippen molar-refractivity contribution in [2.45, 2.75) is 13.8 Å². The third-order valence-corrected chi connectivity index (χ3v) is 4.79. The molecule has 0 unspecified atom stereocenters. The predicted molar refractivity (Wildman–Crippen MR) is 110 cm³/mol. The zero-order chi connectivity index (χ0) is 21.1. The van der Waals surface area contributed by atoms with E-state index in [2.05, 4.69) is 20.9 Å². The molecule has 0 amide bonds. The highest BCUT2D eigenvalue weighted by molar-refractivity contribution is 9.10. The van der Waals surface area contributed by atoms with Gasteiger partial charge in [-0.2, -0.15) is 0 Å². The number of hydrogen-bond acceptors (Lipinski definition) is 7. The number of carbonyl (C=O) groups is 1. The van der Waals surface area contributed by atoms with Crippen LogP contribution in [0, 0.1) is 17.0 Å². The van der Waals surface area contributed by atoms with Gasteiger partial charge < -0.3 is 14.2 Å². The molecule has 150 valence electrons. The maximum Gasteiger partial charge on any atom is 0.363 e. The molecular formula is C20H17BrN2O6. The molecule has 2 aromatic rings. The summed E-state index contributed by atoms with van der Waals surface area (Å²) in [5.74, 6) is 0.440. The first-order valence-electron chi connectivity index (χ1n) is 8.63. The van der Waals surface area contributed by atoms with Gasteiger partial charge in [-0.25, -0.2) is 9.79 Å². The summed E-state index contributed by atoms with van der Waals surface area (Å²) in [7, 11) is 1.52. The van der Waals surface area contributed by atoms with Gasteiger partial charge in [-0.3, -0.25) is 10.1 Å². The SMILES string of the molecule is CCOc1c(Br)cc(/C=C2\N=C(c3cccc([N+](=O)[O-])c3C)OC2=O)cc1OC. The summed E-state index contributed by atoms with van der Waals surface area (Å²) in [6, 6.07) is 8.00. The van der Waals surface area contributed by atoms with E-state index in [1.807, 2.05) is 6.92 Å². The second kappa shape index (κ2) is 8.44. The number of hydrogen-bond donors (Lipinski definition) is 0. The number of methoxy groups -OCH3 is 1. The average Bonchev–Trinajstić information content (AvgIpc) is 3.03. The van der Waals surface area contributed by atoms with Crippen LogP contribution in [0.15, 0.2) is 45.5 Å². The zero-order valence-corrected chi connectivity index (χ0v) is 17.5. The van der Waals surface area contributed by atoms with Gasteiger partial charge in [-0.1, -0.05) is 6.07 Å². The molecule has 0 spiro atoms. The van der Waals surface area contributed by atoms with E-state index in [0.29, 0.717) is 39.3 Å². The maximum atomic E-state index is 12.3. The highest BCUT2D eigenvalue weighted by atomic mass is 79.9. The number of rotatable bonds is 6. The number of nitro benzene ring substituents is 1. The molecule has 0 fully saturated rings. The van der Waals surface area contributed by atoms with E-state index in [9.17, 15) is 14.9 Å². The third kappa shape index (κ3) is 4.14. The maximum absolute atomic E-state index is 12.3. The monoisotopic (exact) mass is 460 g/mol. The van der Waals surface area contributed by atoms with Crippen molar-refractivity contribution in [2.24, 2.45) is 4.99 Å². The van der Waals surface area contributed by atoms with Gasteiger partial charge in [0.05, 0.1) is 23.1 Å². The molecule has 1 heterocycles. The van der Waals surface area contributed by atoms with Crippen molar-refractivity contribution in [1.82, 2.24) is 0 Å². The number of halogens is 1. The quantitative estimate of drug-likeness (QED) is 0.273. The van der Waals surface area contributed by atoms with E-state index in [4.69, 9.17) is 14.2 Å². The number of nitrogens with zero attached hydrogens (tertiary/aromatic N) is 2. The van der Waals surface area contributed by atoms with E-state index in [1.54, 1.807) is 31.2 Å². The third-order valence-electron chi connectivity index (χ3n) is 4.20. The largest absolute Gasteiger partial charge is 0.493 e. The second-order valence-electron chi connectivity index (χ2n) is 6.01. The fourth-order valence-electron chi connectivity index (χ4n) is 2.84. The van der Waals surface area contributed by atoms with E-state index in [0.717, 1.165) is 0 Å². The van der Waals surface area contributed by atoms with E-state index >= 15 is 0 Å². The number of cyclic esters (lactones) is 1. The first-order chi connectivity index (χ1) is 13.8. The summed E-state index contributed by atoms with van der Waals surface area (Å²) in [4.78, 5) is 27.2. The Kier molecular flexibility index (Phi) is 5.97. The zero-order valence-electron chi connectivity index (χ0n) is 15.9. The lowest BCUT2D eigenvalue weighted by molar-refractivity contribution is -0.385. The summed E-state index contributed by atoms with van der Waals surface area (Å²) in [5.41, 5.74) is 1.41.